The van der Waals surface area contributed by atoms with Crippen LogP contribution >= 0.6 is 11.6 Å². The number of halogens is 1. The molecule has 2 heteroatoms. The highest BCUT2D eigenvalue weighted by Crippen LogP contribution is 2.37. The van der Waals surface area contributed by atoms with Crippen LogP contribution in [0.2, 0.25) is 5.02 Å². The third kappa shape index (κ3) is 3.10. The first-order chi connectivity index (χ1) is 10.8. The molecule has 0 unspecified atom stereocenters. The average Bonchev–Trinajstić information content (AvgIpc) is 2.56. The summed E-state index contributed by atoms with van der Waals surface area (Å²) in [4.78, 5) is 0. The molecule has 0 spiro atoms. The third-order valence-electron chi connectivity index (χ3n) is 3.78. The van der Waals surface area contributed by atoms with Gasteiger partial charge in [0.15, 0.2) is 0 Å². The van der Waals surface area contributed by atoms with Gasteiger partial charge in [-0.05, 0) is 41.0 Å². The summed E-state index contributed by atoms with van der Waals surface area (Å²) in [6.45, 7) is 2.92. The van der Waals surface area contributed by atoms with Gasteiger partial charge >= 0.3 is 0 Å². The van der Waals surface area contributed by atoms with Crippen molar-refractivity contribution >= 4 is 22.4 Å². The standard InChI is InChI=1S/C20H19ClO/c1-2-3-14-22-19-13-10-15-6-4-5-7-18(15)20(19)16-8-11-17(21)12-9-16/h4-13H,2-3,14H2,1H3. The molecule has 1 nitrogen and oxygen atoms in total. The zero-order valence-corrected chi connectivity index (χ0v) is 13.4. The summed E-state index contributed by atoms with van der Waals surface area (Å²) in [5.74, 6) is 0.939. The highest BCUT2D eigenvalue weighted by atomic mass is 35.5. The predicted octanol–water partition coefficient (Wildman–Crippen LogP) is 6.34. The van der Waals surface area contributed by atoms with Gasteiger partial charge in [0.1, 0.15) is 5.75 Å². The predicted molar refractivity (Wildman–Crippen MR) is 94.8 cm³/mol. The molecule has 0 fully saturated rings. The van der Waals surface area contributed by atoms with Crippen LogP contribution in [-0.4, -0.2) is 6.61 Å². The molecule has 22 heavy (non-hydrogen) atoms. The first-order valence-corrected chi connectivity index (χ1v) is 8.08. The molecule has 0 aliphatic carbocycles. The fraction of sp³-hybridized carbons (Fsp3) is 0.200. The van der Waals surface area contributed by atoms with Crippen molar-refractivity contribution in [2.24, 2.45) is 0 Å². The van der Waals surface area contributed by atoms with E-state index in [1.165, 1.54) is 10.8 Å². The van der Waals surface area contributed by atoms with E-state index in [2.05, 4.69) is 55.5 Å². The van der Waals surface area contributed by atoms with Gasteiger partial charge in [-0.15, -0.1) is 0 Å². The maximum Gasteiger partial charge on any atom is 0.127 e. The number of rotatable bonds is 5. The molecule has 0 atom stereocenters. The Morgan fingerprint density at radius 2 is 1.68 bits per heavy atom. The third-order valence-corrected chi connectivity index (χ3v) is 4.03. The van der Waals surface area contributed by atoms with Gasteiger partial charge in [0.2, 0.25) is 0 Å². The topological polar surface area (TPSA) is 9.23 Å². The van der Waals surface area contributed by atoms with Crippen LogP contribution in [0.1, 0.15) is 19.8 Å². The van der Waals surface area contributed by atoms with Gasteiger partial charge in [-0.1, -0.05) is 67.4 Å². The van der Waals surface area contributed by atoms with Crippen molar-refractivity contribution in [3.05, 3.63) is 65.7 Å². The Kier molecular flexibility index (Phi) is 4.65. The van der Waals surface area contributed by atoms with Gasteiger partial charge in [0.25, 0.3) is 0 Å². The summed E-state index contributed by atoms with van der Waals surface area (Å²) in [6.07, 6.45) is 2.19. The summed E-state index contributed by atoms with van der Waals surface area (Å²) in [5, 5.41) is 3.17. The van der Waals surface area contributed by atoms with Crippen LogP contribution in [0.25, 0.3) is 21.9 Å². The molecule has 0 aromatic heterocycles. The van der Waals surface area contributed by atoms with Crippen LogP contribution in [0, 0.1) is 0 Å². The van der Waals surface area contributed by atoms with Gasteiger partial charge in [0, 0.05) is 10.6 Å². The molecule has 0 bridgehead atoms. The van der Waals surface area contributed by atoms with Crippen molar-refractivity contribution in [1.29, 1.82) is 0 Å². The number of hydrogen-bond donors (Lipinski definition) is 0. The molecule has 0 heterocycles. The fourth-order valence-corrected chi connectivity index (χ4v) is 2.74. The summed E-state index contributed by atoms with van der Waals surface area (Å²) in [7, 11) is 0. The van der Waals surface area contributed by atoms with E-state index in [0.717, 1.165) is 41.3 Å². The summed E-state index contributed by atoms with van der Waals surface area (Å²) < 4.78 is 6.04. The van der Waals surface area contributed by atoms with Gasteiger partial charge in [-0.25, -0.2) is 0 Å². The molecule has 0 aliphatic heterocycles. The average molecular weight is 311 g/mol. The lowest BCUT2D eigenvalue weighted by molar-refractivity contribution is 0.311. The Labute approximate surface area is 136 Å². The summed E-state index contributed by atoms with van der Waals surface area (Å²) in [6, 6.07) is 20.5. The number of unbranched alkanes of at least 4 members (excludes halogenated alkanes) is 1. The van der Waals surface area contributed by atoms with Crippen molar-refractivity contribution < 1.29 is 4.74 Å². The van der Waals surface area contributed by atoms with Gasteiger partial charge in [-0.3, -0.25) is 0 Å². The highest BCUT2D eigenvalue weighted by Gasteiger charge is 2.11. The Morgan fingerprint density at radius 3 is 2.45 bits per heavy atom. The second-order valence-corrected chi connectivity index (χ2v) is 5.81. The van der Waals surface area contributed by atoms with Crippen LogP contribution in [0.3, 0.4) is 0 Å². The second kappa shape index (κ2) is 6.85. The number of fused-ring (bicyclic) bond motifs is 1. The Hall–Kier alpha value is -1.99. The maximum absolute atomic E-state index is 6.04. The molecule has 112 valence electrons. The van der Waals surface area contributed by atoms with Crippen molar-refractivity contribution in [2.75, 3.05) is 6.61 Å². The molecule has 0 N–H and O–H groups in total. The van der Waals surface area contributed by atoms with E-state index in [9.17, 15) is 0 Å². The Morgan fingerprint density at radius 1 is 0.909 bits per heavy atom. The van der Waals surface area contributed by atoms with E-state index in [1.807, 2.05) is 12.1 Å². The van der Waals surface area contributed by atoms with Crippen LogP contribution in [-0.2, 0) is 0 Å². The van der Waals surface area contributed by atoms with E-state index in [0.29, 0.717) is 0 Å². The minimum absolute atomic E-state index is 0.745. The minimum Gasteiger partial charge on any atom is -0.493 e. The number of ether oxygens (including phenoxy) is 1. The van der Waals surface area contributed by atoms with Crippen molar-refractivity contribution in [3.8, 4) is 16.9 Å². The molecule has 3 aromatic rings. The molecule has 0 saturated carbocycles. The van der Waals surface area contributed by atoms with Gasteiger partial charge < -0.3 is 4.74 Å². The zero-order chi connectivity index (χ0) is 15.4. The van der Waals surface area contributed by atoms with Crippen molar-refractivity contribution in [3.63, 3.8) is 0 Å². The maximum atomic E-state index is 6.04. The lowest BCUT2D eigenvalue weighted by atomic mass is 9.97. The van der Waals surface area contributed by atoms with Crippen LogP contribution < -0.4 is 4.74 Å². The molecular weight excluding hydrogens is 292 g/mol. The largest absolute Gasteiger partial charge is 0.493 e. The van der Waals surface area contributed by atoms with E-state index in [4.69, 9.17) is 16.3 Å². The lowest BCUT2D eigenvalue weighted by Gasteiger charge is -2.14. The monoisotopic (exact) mass is 310 g/mol. The Bertz CT molecular complexity index is 762. The quantitative estimate of drug-likeness (QED) is 0.500. The minimum atomic E-state index is 0.745. The molecule has 0 aliphatic rings. The zero-order valence-electron chi connectivity index (χ0n) is 12.7. The molecule has 0 amide bonds. The first-order valence-electron chi connectivity index (χ1n) is 7.70. The van der Waals surface area contributed by atoms with Crippen molar-refractivity contribution in [1.82, 2.24) is 0 Å². The molecule has 0 radical (unpaired) electrons. The van der Waals surface area contributed by atoms with E-state index >= 15 is 0 Å². The van der Waals surface area contributed by atoms with Gasteiger partial charge in [0.05, 0.1) is 6.61 Å². The van der Waals surface area contributed by atoms with E-state index in [-0.39, 0.29) is 0 Å². The highest BCUT2D eigenvalue weighted by molar-refractivity contribution is 6.30. The molecule has 3 aromatic carbocycles. The summed E-state index contributed by atoms with van der Waals surface area (Å²) >= 11 is 6.03. The molecule has 3 rings (SSSR count). The lowest BCUT2D eigenvalue weighted by Crippen LogP contribution is -1.98. The number of hydrogen-bond acceptors (Lipinski definition) is 1. The molecular formula is C20H19ClO. The van der Waals surface area contributed by atoms with Crippen LogP contribution in [0.15, 0.2) is 60.7 Å². The normalized spacial score (nSPS) is 10.8. The Balaban J connectivity index is 2.13. The first kappa shape index (κ1) is 14.9. The van der Waals surface area contributed by atoms with E-state index < -0.39 is 0 Å². The number of benzene rings is 3. The smallest absolute Gasteiger partial charge is 0.127 e. The second-order valence-electron chi connectivity index (χ2n) is 5.37. The van der Waals surface area contributed by atoms with Crippen LogP contribution in [0.4, 0.5) is 0 Å². The van der Waals surface area contributed by atoms with Gasteiger partial charge in [-0.2, -0.15) is 0 Å². The van der Waals surface area contributed by atoms with Crippen LogP contribution in [0.5, 0.6) is 5.75 Å². The summed E-state index contributed by atoms with van der Waals surface area (Å²) in [5.41, 5.74) is 2.28. The van der Waals surface area contributed by atoms with E-state index in [1.54, 1.807) is 0 Å². The fourth-order valence-electron chi connectivity index (χ4n) is 2.61. The molecule has 0 saturated heterocycles. The van der Waals surface area contributed by atoms with Crippen molar-refractivity contribution in [2.45, 2.75) is 19.8 Å². The SMILES string of the molecule is CCCCOc1ccc2ccccc2c1-c1ccc(Cl)cc1.